The lowest BCUT2D eigenvalue weighted by Gasteiger charge is -2.26. The third-order valence-corrected chi connectivity index (χ3v) is 5.22. The summed E-state index contributed by atoms with van der Waals surface area (Å²) >= 11 is 5.67. The molecule has 0 aliphatic heterocycles. The summed E-state index contributed by atoms with van der Waals surface area (Å²) < 4.78 is 1.94. The minimum Gasteiger partial charge on any atom is -0.352 e. The topological polar surface area (TPSA) is 29.1 Å². The predicted molar refractivity (Wildman–Crippen MR) is 90.3 cm³/mol. The van der Waals surface area contributed by atoms with E-state index in [1.54, 1.807) is 0 Å². The van der Waals surface area contributed by atoms with Gasteiger partial charge in [-0.2, -0.15) is 0 Å². The van der Waals surface area contributed by atoms with E-state index < -0.39 is 0 Å². The van der Waals surface area contributed by atoms with Gasteiger partial charge < -0.3 is 5.32 Å². The Morgan fingerprint density at radius 1 is 1.37 bits per heavy atom. The monoisotopic (exact) mass is 435 g/mol. The molecule has 4 heteroatoms. The standard InChI is InChI=1S/C15H19BrINO/c1-10-2-4-11(5-3-10)9-18-15(19)13-8-12(17)6-7-14(13)16/h6-8,10-11H,2-5,9H2,1H3,(H,18,19). The third kappa shape index (κ3) is 4.45. The van der Waals surface area contributed by atoms with Crippen LogP contribution in [0.25, 0.3) is 0 Å². The number of hydrogen-bond acceptors (Lipinski definition) is 1. The van der Waals surface area contributed by atoms with Gasteiger partial charge in [0.25, 0.3) is 5.91 Å². The van der Waals surface area contributed by atoms with Crippen molar-refractivity contribution in [2.24, 2.45) is 11.8 Å². The fourth-order valence-electron chi connectivity index (χ4n) is 2.54. The Hall–Kier alpha value is -0.100. The summed E-state index contributed by atoms with van der Waals surface area (Å²) in [5, 5.41) is 3.08. The molecule has 1 fully saturated rings. The van der Waals surface area contributed by atoms with E-state index >= 15 is 0 Å². The minimum absolute atomic E-state index is 0.0315. The van der Waals surface area contributed by atoms with Crippen molar-refractivity contribution >= 4 is 44.4 Å². The van der Waals surface area contributed by atoms with Crippen molar-refractivity contribution in [3.05, 3.63) is 31.8 Å². The second kappa shape index (κ2) is 7.07. The Bertz CT molecular complexity index is 455. The van der Waals surface area contributed by atoms with Crippen LogP contribution in [0, 0.1) is 15.4 Å². The number of halogens is 2. The fraction of sp³-hybridized carbons (Fsp3) is 0.533. The molecule has 0 unspecified atom stereocenters. The average Bonchev–Trinajstić information content (AvgIpc) is 2.40. The van der Waals surface area contributed by atoms with Gasteiger partial charge in [0.05, 0.1) is 5.56 Å². The summed E-state index contributed by atoms with van der Waals surface area (Å²) in [7, 11) is 0. The third-order valence-electron chi connectivity index (χ3n) is 3.86. The van der Waals surface area contributed by atoms with Crippen LogP contribution in [0.3, 0.4) is 0 Å². The van der Waals surface area contributed by atoms with Crippen molar-refractivity contribution in [3.8, 4) is 0 Å². The van der Waals surface area contributed by atoms with Crippen molar-refractivity contribution in [1.29, 1.82) is 0 Å². The maximum absolute atomic E-state index is 12.2. The lowest BCUT2D eigenvalue weighted by molar-refractivity contribution is 0.0941. The van der Waals surface area contributed by atoms with Crippen molar-refractivity contribution < 1.29 is 4.79 Å². The van der Waals surface area contributed by atoms with Gasteiger partial charge in [-0.05, 0) is 81.4 Å². The van der Waals surface area contributed by atoms with Gasteiger partial charge in [-0.3, -0.25) is 4.79 Å². The normalized spacial score (nSPS) is 23.1. The molecule has 1 aromatic carbocycles. The second-order valence-corrected chi connectivity index (χ2v) is 7.56. The minimum atomic E-state index is 0.0315. The fourth-order valence-corrected chi connectivity index (χ4v) is 3.45. The molecule has 104 valence electrons. The van der Waals surface area contributed by atoms with Crippen molar-refractivity contribution in [1.82, 2.24) is 5.32 Å². The molecular formula is C15H19BrINO. The van der Waals surface area contributed by atoms with Crippen molar-refractivity contribution in [3.63, 3.8) is 0 Å². The molecule has 0 saturated heterocycles. The maximum atomic E-state index is 12.2. The van der Waals surface area contributed by atoms with Gasteiger partial charge >= 0.3 is 0 Å². The SMILES string of the molecule is CC1CCC(CNC(=O)c2cc(I)ccc2Br)CC1. The molecule has 1 saturated carbocycles. The Labute approximate surface area is 137 Å². The molecule has 1 aromatic rings. The number of carbonyl (C=O) groups excluding carboxylic acids is 1. The average molecular weight is 436 g/mol. The van der Waals surface area contributed by atoms with Crippen LogP contribution >= 0.6 is 38.5 Å². The molecule has 1 N–H and O–H groups in total. The highest BCUT2D eigenvalue weighted by molar-refractivity contribution is 14.1. The first-order chi connectivity index (χ1) is 9.06. The molecule has 1 aliphatic carbocycles. The van der Waals surface area contributed by atoms with E-state index in [1.165, 1.54) is 25.7 Å². The highest BCUT2D eigenvalue weighted by Gasteiger charge is 2.19. The highest BCUT2D eigenvalue weighted by Crippen LogP contribution is 2.28. The summed E-state index contributed by atoms with van der Waals surface area (Å²) in [4.78, 5) is 12.2. The van der Waals surface area contributed by atoms with Crippen LogP contribution in [-0.4, -0.2) is 12.5 Å². The number of benzene rings is 1. The summed E-state index contributed by atoms with van der Waals surface area (Å²) in [5.41, 5.74) is 0.732. The molecule has 1 aliphatic rings. The highest BCUT2D eigenvalue weighted by atomic mass is 127. The number of carbonyl (C=O) groups is 1. The maximum Gasteiger partial charge on any atom is 0.252 e. The van der Waals surface area contributed by atoms with E-state index in [1.807, 2.05) is 18.2 Å². The molecule has 2 rings (SSSR count). The van der Waals surface area contributed by atoms with Crippen LogP contribution in [-0.2, 0) is 0 Å². The second-order valence-electron chi connectivity index (χ2n) is 5.46. The van der Waals surface area contributed by atoms with Crippen molar-refractivity contribution in [2.75, 3.05) is 6.54 Å². The van der Waals surface area contributed by atoms with Gasteiger partial charge in [0.15, 0.2) is 0 Å². The van der Waals surface area contributed by atoms with Crippen LogP contribution in [0.4, 0.5) is 0 Å². The molecule has 0 atom stereocenters. The summed E-state index contributed by atoms with van der Waals surface area (Å²) in [5.74, 6) is 1.54. The van der Waals surface area contributed by atoms with E-state index in [0.717, 1.165) is 26.1 Å². The summed E-state index contributed by atoms with van der Waals surface area (Å²) in [6.07, 6.45) is 5.09. The summed E-state index contributed by atoms with van der Waals surface area (Å²) in [6.45, 7) is 3.13. The molecule has 0 heterocycles. The van der Waals surface area contributed by atoms with Crippen LogP contribution in [0.1, 0.15) is 43.0 Å². The van der Waals surface area contributed by atoms with Gasteiger partial charge in [-0.15, -0.1) is 0 Å². The van der Waals surface area contributed by atoms with Gasteiger partial charge in [0, 0.05) is 14.6 Å². The number of amides is 1. The largest absolute Gasteiger partial charge is 0.352 e. The zero-order chi connectivity index (χ0) is 13.8. The van der Waals surface area contributed by atoms with Crippen LogP contribution in [0.15, 0.2) is 22.7 Å². The van der Waals surface area contributed by atoms with Gasteiger partial charge in [0.1, 0.15) is 0 Å². The van der Waals surface area contributed by atoms with Crippen molar-refractivity contribution in [2.45, 2.75) is 32.6 Å². The predicted octanol–water partition coefficient (Wildman–Crippen LogP) is 4.61. The zero-order valence-electron chi connectivity index (χ0n) is 11.1. The summed E-state index contributed by atoms with van der Waals surface area (Å²) in [6, 6.07) is 5.84. The Balaban J connectivity index is 1.89. The number of rotatable bonds is 3. The molecule has 0 aromatic heterocycles. The molecule has 1 amide bonds. The molecule has 2 nitrogen and oxygen atoms in total. The smallest absolute Gasteiger partial charge is 0.252 e. The van der Waals surface area contributed by atoms with E-state index in [4.69, 9.17) is 0 Å². The quantitative estimate of drug-likeness (QED) is 0.690. The first-order valence-electron chi connectivity index (χ1n) is 6.79. The van der Waals surface area contributed by atoms with E-state index in [2.05, 4.69) is 50.8 Å². The van der Waals surface area contributed by atoms with E-state index in [0.29, 0.717) is 5.92 Å². The molecule has 0 radical (unpaired) electrons. The molecular weight excluding hydrogens is 417 g/mol. The van der Waals surface area contributed by atoms with E-state index in [9.17, 15) is 4.79 Å². The Morgan fingerprint density at radius 2 is 2.05 bits per heavy atom. The van der Waals surface area contributed by atoms with Gasteiger partial charge in [0.2, 0.25) is 0 Å². The van der Waals surface area contributed by atoms with Gasteiger partial charge in [-0.25, -0.2) is 0 Å². The molecule has 0 spiro atoms. The van der Waals surface area contributed by atoms with Crippen LogP contribution < -0.4 is 5.32 Å². The van der Waals surface area contributed by atoms with Crippen LogP contribution in [0.2, 0.25) is 0 Å². The lowest BCUT2D eigenvalue weighted by atomic mass is 9.83. The molecule has 19 heavy (non-hydrogen) atoms. The molecule has 0 bridgehead atoms. The van der Waals surface area contributed by atoms with E-state index in [-0.39, 0.29) is 5.91 Å². The number of nitrogens with one attached hydrogen (secondary N) is 1. The van der Waals surface area contributed by atoms with Crippen LogP contribution in [0.5, 0.6) is 0 Å². The lowest BCUT2D eigenvalue weighted by Crippen LogP contribution is -2.31. The Morgan fingerprint density at radius 3 is 2.74 bits per heavy atom. The zero-order valence-corrected chi connectivity index (χ0v) is 14.8. The first kappa shape index (κ1) is 15.3. The first-order valence-corrected chi connectivity index (χ1v) is 8.66. The number of hydrogen-bond donors (Lipinski definition) is 1. The Kier molecular flexibility index (Phi) is 5.69. The van der Waals surface area contributed by atoms with Gasteiger partial charge in [-0.1, -0.05) is 19.8 Å².